The zero-order valence-corrected chi connectivity index (χ0v) is 14.7. The highest BCUT2D eigenvalue weighted by molar-refractivity contribution is 6.05. The molecule has 1 aromatic rings. The minimum absolute atomic E-state index is 0.0152. The van der Waals surface area contributed by atoms with Crippen LogP contribution in [0.25, 0.3) is 0 Å². The summed E-state index contributed by atoms with van der Waals surface area (Å²) in [7, 11) is 0. The maximum absolute atomic E-state index is 12.8. The quantitative estimate of drug-likeness (QED) is 0.621. The predicted octanol–water partition coefficient (Wildman–Crippen LogP) is 2.87. The minimum Gasteiger partial charge on any atom is -0.461 e. The van der Waals surface area contributed by atoms with Gasteiger partial charge in [-0.05, 0) is 40.2 Å². The highest BCUT2D eigenvalue weighted by atomic mass is 16.5. The first kappa shape index (κ1) is 18.4. The second-order valence-electron chi connectivity index (χ2n) is 5.81. The van der Waals surface area contributed by atoms with E-state index in [0.717, 1.165) is 5.69 Å². The van der Waals surface area contributed by atoms with Gasteiger partial charge in [0.1, 0.15) is 5.69 Å². The van der Waals surface area contributed by atoms with Crippen molar-refractivity contribution >= 4 is 11.8 Å². The standard InChI is InChI=1S/C17H28N2O3/c1-8-19-13(7)14(16(20)12(6)18-10(3)4)11(5)15(19)17(21)22-9-2/h10,12,18H,8-9H2,1-7H3. The van der Waals surface area contributed by atoms with Crippen LogP contribution >= 0.6 is 0 Å². The Bertz CT molecular complexity index is 559. The van der Waals surface area contributed by atoms with Gasteiger partial charge >= 0.3 is 5.97 Å². The summed E-state index contributed by atoms with van der Waals surface area (Å²) in [4.78, 5) is 25.0. The first-order valence-electron chi connectivity index (χ1n) is 7.93. The van der Waals surface area contributed by atoms with E-state index < -0.39 is 0 Å². The molecule has 22 heavy (non-hydrogen) atoms. The van der Waals surface area contributed by atoms with E-state index in [0.29, 0.717) is 30.0 Å². The van der Waals surface area contributed by atoms with Crippen LogP contribution in [0.1, 0.15) is 66.7 Å². The topological polar surface area (TPSA) is 60.3 Å². The van der Waals surface area contributed by atoms with E-state index in [1.807, 2.05) is 46.1 Å². The molecule has 0 aliphatic rings. The first-order valence-corrected chi connectivity index (χ1v) is 7.93. The van der Waals surface area contributed by atoms with Gasteiger partial charge in [0.05, 0.1) is 12.6 Å². The van der Waals surface area contributed by atoms with Crippen molar-refractivity contribution < 1.29 is 14.3 Å². The Morgan fingerprint density at radius 1 is 1.18 bits per heavy atom. The second kappa shape index (κ2) is 7.58. The normalized spacial score (nSPS) is 12.5. The van der Waals surface area contributed by atoms with Crippen molar-refractivity contribution in [2.24, 2.45) is 0 Å². The summed E-state index contributed by atoms with van der Waals surface area (Å²) in [5.41, 5.74) is 2.65. The molecular weight excluding hydrogens is 280 g/mol. The summed E-state index contributed by atoms with van der Waals surface area (Å²) in [6.45, 7) is 14.2. The third-order valence-electron chi connectivity index (χ3n) is 3.77. The molecular formula is C17H28N2O3. The third-order valence-corrected chi connectivity index (χ3v) is 3.77. The van der Waals surface area contributed by atoms with Gasteiger partial charge in [-0.1, -0.05) is 13.8 Å². The van der Waals surface area contributed by atoms with Crippen LogP contribution in [-0.4, -0.2) is 35.0 Å². The van der Waals surface area contributed by atoms with Crippen molar-refractivity contribution in [1.82, 2.24) is 9.88 Å². The van der Waals surface area contributed by atoms with Crippen molar-refractivity contribution in [1.29, 1.82) is 0 Å². The number of nitrogens with one attached hydrogen (secondary N) is 1. The van der Waals surface area contributed by atoms with E-state index in [1.165, 1.54) is 0 Å². The van der Waals surface area contributed by atoms with E-state index in [9.17, 15) is 9.59 Å². The Kier molecular flexibility index (Phi) is 6.35. The van der Waals surface area contributed by atoms with Gasteiger partial charge in [0, 0.05) is 23.8 Å². The fraction of sp³-hybridized carbons (Fsp3) is 0.647. The van der Waals surface area contributed by atoms with E-state index >= 15 is 0 Å². The molecule has 1 heterocycles. The van der Waals surface area contributed by atoms with Crippen LogP contribution in [0, 0.1) is 13.8 Å². The van der Waals surface area contributed by atoms with E-state index in [-0.39, 0.29) is 23.8 Å². The molecule has 0 aliphatic heterocycles. The number of ether oxygens (including phenoxy) is 1. The molecule has 0 amide bonds. The molecule has 0 bridgehead atoms. The number of ketones is 1. The average molecular weight is 308 g/mol. The lowest BCUT2D eigenvalue weighted by atomic mass is 10.0. The van der Waals surface area contributed by atoms with Crippen molar-refractivity contribution in [2.45, 2.75) is 67.1 Å². The first-order chi connectivity index (χ1) is 10.3. The molecule has 5 heteroatoms. The molecule has 124 valence electrons. The number of carbonyl (C=O) groups excluding carboxylic acids is 2. The smallest absolute Gasteiger partial charge is 0.355 e. The van der Waals surface area contributed by atoms with Gasteiger partial charge in [0.2, 0.25) is 0 Å². The summed E-state index contributed by atoms with van der Waals surface area (Å²) in [6, 6.07) is -0.0718. The number of Topliss-reactive ketones (excluding diaryl/α,β-unsaturated/α-hetero) is 1. The molecule has 0 aliphatic carbocycles. The molecule has 0 radical (unpaired) electrons. The fourth-order valence-corrected chi connectivity index (χ4v) is 2.91. The largest absolute Gasteiger partial charge is 0.461 e. The van der Waals surface area contributed by atoms with Gasteiger partial charge in [0.25, 0.3) is 0 Å². The second-order valence-corrected chi connectivity index (χ2v) is 5.81. The number of nitrogens with zero attached hydrogens (tertiary/aromatic N) is 1. The Balaban J connectivity index is 3.32. The van der Waals surface area contributed by atoms with Crippen LogP contribution in [0.15, 0.2) is 0 Å². The molecule has 5 nitrogen and oxygen atoms in total. The highest BCUT2D eigenvalue weighted by Gasteiger charge is 2.28. The summed E-state index contributed by atoms with van der Waals surface area (Å²) in [5.74, 6) is -0.352. The van der Waals surface area contributed by atoms with Gasteiger partial charge in [-0.3, -0.25) is 4.79 Å². The fourth-order valence-electron chi connectivity index (χ4n) is 2.91. The van der Waals surface area contributed by atoms with Gasteiger partial charge < -0.3 is 14.6 Å². The number of rotatable bonds is 7. The zero-order valence-electron chi connectivity index (χ0n) is 14.7. The Hall–Kier alpha value is -1.62. The molecule has 0 saturated carbocycles. The van der Waals surface area contributed by atoms with Gasteiger partial charge in [-0.2, -0.15) is 0 Å². The number of hydrogen-bond donors (Lipinski definition) is 1. The number of carbonyl (C=O) groups is 2. The minimum atomic E-state index is -0.367. The van der Waals surface area contributed by atoms with Crippen molar-refractivity contribution in [3.8, 4) is 0 Å². The molecule has 0 aromatic carbocycles. The third kappa shape index (κ3) is 3.58. The lowest BCUT2D eigenvalue weighted by molar-refractivity contribution is 0.0512. The van der Waals surface area contributed by atoms with Crippen LogP contribution in [0.4, 0.5) is 0 Å². The van der Waals surface area contributed by atoms with Gasteiger partial charge in [-0.25, -0.2) is 4.79 Å². The monoisotopic (exact) mass is 308 g/mol. The van der Waals surface area contributed by atoms with Crippen LogP contribution in [-0.2, 0) is 11.3 Å². The average Bonchev–Trinajstić information content (AvgIpc) is 2.68. The molecule has 1 unspecified atom stereocenters. The van der Waals surface area contributed by atoms with E-state index in [1.54, 1.807) is 6.92 Å². The van der Waals surface area contributed by atoms with Crippen LogP contribution < -0.4 is 5.32 Å². The van der Waals surface area contributed by atoms with Crippen LogP contribution in [0.2, 0.25) is 0 Å². The maximum Gasteiger partial charge on any atom is 0.355 e. The Labute approximate surface area is 133 Å². The SMILES string of the molecule is CCOC(=O)c1c(C)c(C(=O)C(C)NC(C)C)c(C)n1CC. The molecule has 0 saturated heterocycles. The Morgan fingerprint density at radius 2 is 1.77 bits per heavy atom. The van der Waals surface area contributed by atoms with Crippen LogP contribution in [0.3, 0.4) is 0 Å². The zero-order chi connectivity index (χ0) is 17.0. The van der Waals surface area contributed by atoms with E-state index in [4.69, 9.17) is 4.74 Å². The van der Waals surface area contributed by atoms with Crippen molar-refractivity contribution in [3.63, 3.8) is 0 Å². The Morgan fingerprint density at radius 3 is 2.23 bits per heavy atom. The van der Waals surface area contributed by atoms with Crippen molar-refractivity contribution in [2.75, 3.05) is 6.61 Å². The lowest BCUT2D eigenvalue weighted by Crippen LogP contribution is -2.38. The molecule has 0 spiro atoms. The van der Waals surface area contributed by atoms with Gasteiger partial charge in [-0.15, -0.1) is 0 Å². The molecule has 1 aromatic heterocycles. The van der Waals surface area contributed by atoms with Crippen molar-refractivity contribution in [3.05, 3.63) is 22.5 Å². The predicted molar refractivity (Wildman–Crippen MR) is 87.6 cm³/mol. The number of aromatic nitrogens is 1. The highest BCUT2D eigenvalue weighted by Crippen LogP contribution is 2.24. The molecule has 0 fully saturated rings. The molecule has 1 N–H and O–H groups in total. The maximum atomic E-state index is 12.8. The van der Waals surface area contributed by atoms with Gasteiger partial charge in [0.15, 0.2) is 5.78 Å². The summed E-state index contributed by atoms with van der Waals surface area (Å²) in [6.07, 6.45) is 0. The summed E-state index contributed by atoms with van der Waals surface area (Å²) in [5, 5.41) is 3.22. The molecule has 1 rings (SSSR count). The summed E-state index contributed by atoms with van der Waals surface area (Å²) >= 11 is 0. The lowest BCUT2D eigenvalue weighted by Gasteiger charge is -2.16. The number of hydrogen-bond acceptors (Lipinski definition) is 4. The van der Waals surface area contributed by atoms with Crippen LogP contribution in [0.5, 0.6) is 0 Å². The van der Waals surface area contributed by atoms with E-state index in [2.05, 4.69) is 5.32 Å². The molecule has 1 atom stereocenters. The number of esters is 1. The summed E-state index contributed by atoms with van der Waals surface area (Å²) < 4.78 is 7.00.